The number of carboxylic acid groups (broad SMARTS) is 1. The van der Waals surface area contributed by atoms with Gasteiger partial charge in [-0.05, 0) is 65.5 Å². The van der Waals surface area contributed by atoms with E-state index in [0.29, 0.717) is 19.6 Å². The molecule has 3 aromatic rings. The van der Waals surface area contributed by atoms with Crippen LogP contribution in [0, 0.1) is 11.8 Å². The smallest absolute Gasteiger partial charge is 0.335 e. The van der Waals surface area contributed by atoms with Crippen LogP contribution in [0.1, 0.15) is 51.6 Å². The second-order valence-electron chi connectivity index (χ2n) is 9.63. The number of benzene rings is 3. The number of aromatic carboxylic acids is 1. The highest BCUT2D eigenvalue weighted by Gasteiger charge is 2.41. The lowest BCUT2D eigenvalue weighted by Gasteiger charge is -2.22. The van der Waals surface area contributed by atoms with Gasteiger partial charge in [0.05, 0.1) is 35.6 Å². The molecule has 36 heavy (non-hydrogen) atoms. The first-order valence-corrected chi connectivity index (χ1v) is 13.3. The monoisotopic (exact) mass is 526 g/mol. The zero-order valence-electron chi connectivity index (χ0n) is 20.1. The van der Waals surface area contributed by atoms with Crippen molar-refractivity contribution in [1.82, 2.24) is 0 Å². The molecule has 1 aliphatic carbocycles. The highest BCUT2D eigenvalue weighted by molar-refractivity contribution is 6.30. The lowest BCUT2D eigenvalue weighted by molar-refractivity contribution is 0.0691. The summed E-state index contributed by atoms with van der Waals surface area (Å²) in [6.07, 6.45) is 2.57. The Morgan fingerprint density at radius 2 is 1.67 bits per heavy atom. The Hall–Kier alpha value is -2.37. The van der Waals surface area contributed by atoms with Gasteiger partial charge in [-0.1, -0.05) is 66.7 Å². The van der Waals surface area contributed by atoms with Gasteiger partial charge in [-0.25, -0.2) is 4.79 Å². The van der Waals surface area contributed by atoms with Crippen molar-refractivity contribution >= 4 is 29.2 Å². The zero-order valence-corrected chi connectivity index (χ0v) is 21.6. The van der Waals surface area contributed by atoms with Crippen molar-refractivity contribution in [2.24, 2.45) is 11.8 Å². The molecule has 5 atom stereocenters. The van der Waals surface area contributed by atoms with E-state index in [1.165, 1.54) is 5.56 Å². The fraction of sp³-hybridized carbons (Fsp3) is 0.367. The summed E-state index contributed by atoms with van der Waals surface area (Å²) in [6, 6.07) is 25.0. The molecule has 0 spiro atoms. The fourth-order valence-electron chi connectivity index (χ4n) is 5.08. The minimum Gasteiger partial charge on any atom is -0.478 e. The van der Waals surface area contributed by atoms with Crippen LogP contribution in [0.5, 0.6) is 0 Å². The first-order valence-electron chi connectivity index (χ1n) is 12.4. The van der Waals surface area contributed by atoms with Gasteiger partial charge < -0.3 is 14.9 Å². The molecule has 0 aromatic heterocycles. The van der Waals surface area contributed by atoms with Crippen molar-refractivity contribution in [3.8, 4) is 0 Å². The molecular formula is C30H32Cl2O4. The molecule has 2 N–H and O–H groups in total. The number of halogens is 2. The summed E-state index contributed by atoms with van der Waals surface area (Å²) in [4.78, 5) is 11.2. The van der Waals surface area contributed by atoms with Crippen LogP contribution < -0.4 is 0 Å². The number of hydrogen-bond donors (Lipinski definition) is 2. The largest absolute Gasteiger partial charge is 0.478 e. The average molecular weight is 527 g/mol. The molecule has 0 aliphatic heterocycles. The van der Waals surface area contributed by atoms with Gasteiger partial charge in [0.25, 0.3) is 0 Å². The molecule has 3 aromatic carbocycles. The van der Waals surface area contributed by atoms with Crippen LogP contribution in [0.15, 0.2) is 78.9 Å². The minimum absolute atomic E-state index is 0.0976. The number of carboxylic acids is 1. The number of ether oxygens (including phenoxy) is 1. The Labute approximate surface area is 222 Å². The zero-order chi connectivity index (χ0) is 25.5. The number of aryl methyl sites for hydroxylation is 1. The van der Waals surface area contributed by atoms with Gasteiger partial charge in [-0.2, -0.15) is 0 Å². The number of aliphatic hydroxyl groups excluding tert-OH is 1. The van der Waals surface area contributed by atoms with Crippen molar-refractivity contribution in [3.05, 3.63) is 107 Å². The van der Waals surface area contributed by atoms with E-state index in [9.17, 15) is 15.0 Å². The average Bonchev–Trinajstić information content (AvgIpc) is 3.16. The molecule has 1 aliphatic rings. The molecule has 6 heteroatoms. The van der Waals surface area contributed by atoms with E-state index in [1.54, 1.807) is 18.2 Å². The molecule has 4 rings (SSSR count). The van der Waals surface area contributed by atoms with Crippen molar-refractivity contribution in [2.75, 3.05) is 6.61 Å². The van der Waals surface area contributed by atoms with Gasteiger partial charge in [0.2, 0.25) is 0 Å². The summed E-state index contributed by atoms with van der Waals surface area (Å²) in [7, 11) is 0. The van der Waals surface area contributed by atoms with E-state index >= 15 is 0 Å². The predicted octanol–water partition coefficient (Wildman–Crippen LogP) is 6.66. The highest BCUT2D eigenvalue weighted by Crippen LogP contribution is 2.42. The van der Waals surface area contributed by atoms with Crippen molar-refractivity contribution in [3.63, 3.8) is 0 Å². The normalized spacial score (nSPS) is 22.4. The molecular weight excluding hydrogens is 495 g/mol. The van der Waals surface area contributed by atoms with Gasteiger partial charge in [-0.3, -0.25) is 0 Å². The van der Waals surface area contributed by atoms with Gasteiger partial charge in [0.1, 0.15) is 0 Å². The van der Waals surface area contributed by atoms with Gasteiger partial charge in [0, 0.05) is 6.42 Å². The first-order chi connectivity index (χ1) is 17.4. The third-order valence-corrected chi connectivity index (χ3v) is 8.24. The van der Waals surface area contributed by atoms with Crippen LogP contribution in [0.25, 0.3) is 0 Å². The minimum atomic E-state index is -0.945. The molecule has 0 bridgehead atoms. The molecule has 0 radical (unpaired) electrons. The van der Waals surface area contributed by atoms with E-state index in [-0.39, 0.29) is 28.2 Å². The summed E-state index contributed by atoms with van der Waals surface area (Å²) < 4.78 is 5.98. The third kappa shape index (κ3) is 7.10. The van der Waals surface area contributed by atoms with Crippen LogP contribution in [-0.4, -0.2) is 33.5 Å². The van der Waals surface area contributed by atoms with Gasteiger partial charge in [0.15, 0.2) is 0 Å². The van der Waals surface area contributed by atoms with E-state index in [0.717, 1.165) is 36.0 Å². The topological polar surface area (TPSA) is 66.8 Å². The molecule has 4 nitrogen and oxygen atoms in total. The molecule has 0 heterocycles. The SMILES string of the molecule is O=C(O)c1cccc(COC[C@H]2CC(Cl)C(Cl)[C@@H]2CCc2cccc(C(O)Cc3ccccc3)c2)c1. The van der Waals surface area contributed by atoms with Crippen LogP contribution >= 0.6 is 23.2 Å². The van der Waals surface area contributed by atoms with Crippen LogP contribution in [0.4, 0.5) is 0 Å². The van der Waals surface area contributed by atoms with E-state index in [4.69, 9.17) is 27.9 Å². The molecule has 3 unspecified atom stereocenters. The number of hydrogen-bond acceptors (Lipinski definition) is 3. The van der Waals surface area contributed by atoms with Crippen molar-refractivity contribution in [1.29, 1.82) is 0 Å². The number of alkyl halides is 2. The summed E-state index contributed by atoms with van der Waals surface area (Å²) in [5, 5.41) is 19.7. The Kier molecular flexibility index (Phi) is 9.44. The fourth-order valence-corrected chi connectivity index (χ4v) is 5.93. The second-order valence-corrected chi connectivity index (χ2v) is 10.7. The summed E-state index contributed by atoms with van der Waals surface area (Å²) in [5.41, 5.74) is 4.29. The maximum absolute atomic E-state index is 11.2. The molecule has 190 valence electrons. The standard InChI is InChI=1S/C30H32Cl2O4/c31-27-17-25(19-36-18-22-9-5-11-24(15-22)30(34)35)26(29(27)32)13-12-21-8-4-10-23(14-21)28(33)16-20-6-2-1-3-7-20/h1-11,14-15,25-29,33H,12-13,16-19H2,(H,34,35)/t25-,26-,27?,28?,29?/m1/s1. The summed E-state index contributed by atoms with van der Waals surface area (Å²) >= 11 is 13.3. The number of aliphatic hydroxyl groups is 1. The van der Waals surface area contributed by atoms with Crippen LogP contribution in [-0.2, 0) is 24.2 Å². The molecule has 0 amide bonds. The maximum atomic E-state index is 11.2. The lowest BCUT2D eigenvalue weighted by Crippen LogP contribution is -2.22. The Morgan fingerprint density at radius 1 is 0.944 bits per heavy atom. The van der Waals surface area contributed by atoms with Crippen molar-refractivity contribution in [2.45, 2.75) is 49.1 Å². The summed E-state index contributed by atoms with van der Waals surface area (Å²) in [6.45, 7) is 0.885. The maximum Gasteiger partial charge on any atom is 0.335 e. The summed E-state index contributed by atoms with van der Waals surface area (Å²) in [5.74, 6) is -0.485. The highest BCUT2D eigenvalue weighted by atomic mass is 35.5. The quantitative estimate of drug-likeness (QED) is 0.274. The lowest BCUT2D eigenvalue weighted by atomic mass is 9.89. The van der Waals surface area contributed by atoms with Crippen LogP contribution in [0.3, 0.4) is 0 Å². The molecule has 1 saturated carbocycles. The van der Waals surface area contributed by atoms with E-state index in [2.05, 4.69) is 12.1 Å². The Balaban J connectivity index is 1.33. The molecule has 1 fully saturated rings. The third-order valence-electron chi connectivity index (χ3n) is 7.04. The van der Waals surface area contributed by atoms with E-state index < -0.39 is 12.1 Å². The van der Waals surface area contributed by atoms with Crippen molar-refractivity contribution < 1.29 is 19.7 Å². The van der Waals surface area contributed by atoms with E-state index in [1.807, 2.05) is 48.5 Å². The number of rotatable bonds is 11. The van der Waals surface area contributed by atoms with Crippen LogP contribution in [0.2, 0.25) is 0 Å². The molecule has 0 saturated heterocycles. The number of carbonyl (C=O) groups is 1. The van der Waals surface area contributed by atoms with Gasteiger partial charge >= 0.3 is 5.97 Å². The van der Waals surface area contributed by atoms with Gasteiger partial charge in [-0.15, -0.1) is 23.2 Å². The first kappa shape index (κ1) is 26.7. The predicted molar refractivity (Wildman–Crippen MR) is 144 cm³/mol. The second kappa shape index (κ2) is 12.7. The Bertz CT molecular complexity index is 1140. The Morgan fingerprint density at radius 3 is 2.44 bits per heavy atom.